The average molecular weight is 155 g/mol. The van der Waals surface area contributed by atoms with E-state index in [1.165, 1.54) is 0 Å². The second kappa shape index (κ2) is 3.01. The maximum absolute atomic E-state index is 4.31. The van der Waals surface area contributed by atoms with Crippen molar-refractivity contribution in [3.8, 4) is 0 Å². The van der Waals surface area contributed by atoms with Gasteiger partial charge in [0.05, 0.1) is 5.69 Å². The highest BCUT2D eigenvalue weighted by Gasteiger charge is 1.99. The Kier molecular flexibility index (Phi) is 2.27. The van der Waals surface area contributed by atoms with Gasteiger partial charge in [0, 0.05) is 19.5 Å². The molecule has 0 N–H and O–H groups in total. The third-order valence-electron chi connectivity index (χ3n) is 1.18. The zero-order valence-corrected chi connectivity index (χ0v) is 7.11. The molecule has 1 aromatic rings. The van der Waals surface area contributed by atoms with Crippen LogP contribution in [0, 0.1) is 6.92 Å². The van der Waals surface area contributed by atoms with Crippen LogP contribution in [0.4, 0.5) is 5.13 Å². The Morgan fingerprint density at radius 2 is 2.40 bits per heavy atom. The maximum atomic E-state index is 4.31. The van der Waals surface area contributed by atoms with Crippen LogP contribution in [0.15, 0.2) is 5.38 Å². The van der Waals surface area contributed by atoms with E-state index in [1.54, 1.807) is 11.3 Å². The van der Waals surface area contributed by atoms with Gasteiger partial charge in [0.25, 0.3) is 0 Å². The van der Waals surface area contributed by atoms with Crippen molar-refractivity contribution >= 4 is 16.5 Å². The Morgan fingerprint density at radius 1 is 1.70 bits per heavy atom. The van der Waals surface area contributed by atoms with Crippen molar-refractivity contribution in [3.63, 3.8) is 0 Å². The molecule has 10 heavy (non-hydrogen) atoms. The molecule has 0 amide bonds. The zero-order chi connectivity index (χ0) is 7.56. The van der Waals surface area contributed by atoms with Gasteiger partial charge >= 0.3 is 0 Å². The molecule has 1 radical (unpaired) electrons. The summed E-state index contributed by atoms with van der Waals surface area (Å²) in [4.78, 5) is 6.31. The second-order valence-electron chi connectivity index (χ2n) is 2.27. The first kappa shape index (κ1) is 7.54. The van der Waals surface area contributed by atoms with Crippen molar-refractivity contribution in [1.82, 2.24) is 4.98 Å². The predicted octanol–water partition coefficient (Wildman–Crippen LogP) is 1.59. The van der Waals surface area contributed by atoms with Crippen molar-refractivity contribution in [2.45, 2.75) is 6.42 Å². The number of hydrogen-bond donors (Lipinski definition) is 0. The van der Waals surface area contributed by atoms with E-state index in [9.17, 15) is 0 Å². The summed E-state index contributed by atoms with van der Waals surface area (Å²) in [5.74, 6) is 0. The molecule has 1 rings (SSSR count). The largest absolute Gasteiger partial charge is 0.354 e. The predicted molar refractivity (Wildman–Crippen MR) is 45.5 cm³/mol. The lowest BCUT2D eigenvalue weighted by Crippen LogP contribution is -2.07. The standard InChI is InChI=1S/C7H11N2S/c1-4-6-5-10-7(8-6)9(2)3/h5H,1,4H2,2-3H3. The Hall–Kier alpha value is -0.570. The lowest BCUT2D eigenvalue weighted by Gasteiger charge is -2.04. The van der Waals surface area contributed by atoms with Crippen LogP contribution in [0.25, 0.3) is 0 Å². The van der Waals surface area contributed by atoms with E-state index < -0.39 is 0 Å². The van der Waals surface area contributed by atoms with Gasteiger partial charge in [0.2, 0.25) is 0 Å². The first-order valence-corrected chi connectivity index (χ1v) is 4.03. The molecule has 0 aliphatic carbocycles. The van der Waals surface area contributed by atoms with Gasteiger partial charge in [0.15, 0.2) is 5.13 Å². The summed E-state index contributed by atoms with van der Waals surface area (Å²) in [7, 11) is 3.98. The molecular weight excluding hydrogens is 144 g/mol. The minimum Gasteiger partial charge on any atom is -0.354 e. The Balaban J connectivity index is 2.78. The van der Waals surface area contributed by atoms with Gasteiger partial charge in [-0.05, 0) is 13.3 Å². The quantitative estimate of drug-likeness (QED) is 0.644. The molecule has 0 spiro atoms. The molecule has 0 atom stereocenters. The highest BCUT2D eigenvalue weighted by Crippen LogP contribution is 2.17. The molecular formula is C7H11N2S. The maximum Gasteiger partial charge on any atom is 0.184 e. The molecule has 0 bridgehead atoms. The van der Waals surface area contributed by atoms with Crippen LogP contribution in [0.5, 0.6) is 0 Å². The second-order valence-corrected chi connectivity index (χ2v) is 3.10. The van der Waals surface area contributed by atoms with E-state index in [2.05, 4.69) is 11.9 Å². The fraction of sp³-hybridized carbons (Fsp3) is 0.429. The summed E-state index contributed by atoms with van der Waals surface area (Å²) in [5, 5.41) is 3.10. The van der Waals surface area contributed by atoms with Crippen LogP contribution >= 0.6 is 11.3 Å². The topological polar surface area (TPSA) is 16.1 Å². The van der Waals surface area contributed by atoms with Crippen LogP contribution in [0.1, 0.15) is 5.69 Å². The molecule has 0 aromatic carbocycles. The zero-order valence-electron chi connectivity index (χ0n) is 6.29. The summed E-state index contributed by atoms with van der Waals surface area (Å²) in [5.41, 5.74) is 1.08. The van der Waals surface area contributed by atoms with Crippen LogP contribution < -0.4 is 4.90 Å². The Labute approximate surface area is 65.5 Å². The van der Waals surface area contributed by atoms with Crippen molar-refractivity contribution in [2.75, 3.05) is 19.0 Å². The van der Waals surface area contributed by atoms with Crippen molar-refractivity contribution in [2.24, 2.45) is 0 Å². The van der Waals surface area contributed by atoms with Crippen LogP contribution in [-0.2, 0) is 6.42 Å². The van der Waals surface area contributed by atoms with Crippen molar-refractivity contribution < 1.29 is 0 Å². The van der Waals surface area contributed by atoms with E-state index in [0.29, 0.717) is 0 Å². The summed E-state index contributed by atoms with van der Waals surface area (Å²) in [6.07, 6.45) is 0.782. The fourth-order valence-corrected chi connectivity index (χ4v) is 1.41. The molecule has 1 aromatic heterocycles. The summed E-state index contributed by atoms with van der Waals surface area (Å²) >= 11 is 1.66. The van der Waals surface area contributed by atoms with Crippen LogP contribution in [0.2, 0.25) is 0 Å². The van der Waals surface area contributed by atoms with Gasteiger partial charge in [-0.2, -0.15) is 0 Å². The molecule has 55 valence electrons. The molecule has 0 saturated carbocycles. The first-order chi connectivity index (χ1) is 4.74. The molecule has 0 fully saturated rings. The molecule has 0 aliphatic heterocycles. The smallest absolute Gasteiger partial charge is 0.184 e. The molecule has 0 saturated heterocycles. The average Bonchev–Trinajstić information content (AvgIpc) is 2.34. The minimum absolute atomic E-state index is 0.782. The summed E-state index contributed by atoms with van der Waals surface area (Å²) in [6, 6.07) is 0. The molecule has 0 aliphatic rings. The number of thiazole rings is 1. The third-order valence-corrected chi connectivity index (χ3v) is 2.24. The monoisotopic (exact) mass is 155 g/mol. The summed E-state index contributed by atoms with van der Waals surface area (Å²) in [6.45, 7) is 3.75. The molecule has 0 unspecified atom stereocenters. The van der Waals surface area contributed by atoms with Gasteiger partial charge < -0.3 is 4.90 Å². The van der Waals surface area contributed by atoms with Gasteiger partial charge in [-0.3, -0.25) is 0 Å². The minimum atomic E-state index is 0.782. The Bertz CT molecular complexity index is 205. The lowest BCUT2D eigenvalue weighted by molar-refractivity contribution is 1.06. The highest BCUT2D eigenvalue weighted by atomic mass is 32.1. The van der Waals surface area contributed by atoms with E-state index >= 15 is 0 Å². The van der Waals surface area contributed by atoms with E-state index in [4.69, 9.17) is 0 Å². The third kappa shape index (κ3) is 1.48. The molecule has 3 heteroatoms. The van der Waals surface area contributed by atoms with Crippen LogP contribution in [0.3, 0.4) is 0 Å². The number of hydrogen-bond acceptors (Lipinski definition) is 3. The normalized spacial score (nSPS) is 9.90. The van der Waals surface area contributed by atoms with Gasteiger partial charge in [-0.1, -0.05) is 0 Å². The number of aromatic nitrogens is 1. The van der Waals surface area contributed by atoms with Crippen molar-refractivity contribution in [1.29, 1.82) is 0 Å². The SMILES string of the molecule is [CH2]Cc1csc(N(C)C)n1. The number of anilines is 1. The Morgan fingerprint density at radius 3 is 2.70 bits per heavy atom. The van der Waals surface area contributed by atoms with E-state index in [0.717, 1.165) is 17.2 Å². The molecule has 1 heterocycles. The van der Waals surface area contributed by atoms with Gasteiger partial charge in [0.1, 0.15) is 0 Å². The van der Waals surface area contributed by atoms with E-state index in [-0.39, 0.29) is 0 Å². The van der Waals surface area contributed by atoms with Crippen molar-refractivity contribution in [3.05, 3.63) is 18.0 Å². The van der Waals surface area contributed by atoms with Gasteiger partial charge in [-0.25, -0.2) is 4.98 Å². The number of rotatable bonds is 2. The highest BCUT2D eigenvalue weighted by molar-refractivity contribution is 7.13. The number of nitrogens with zero attached hydrogens (tertiary/aromatic N) is 2. The fourth-order valence-electron chi connectivity index (χ4n) is 0.617. The van der Waals surface area contributed by atoms with Gasteiger partial charge in [-0.15, -0.1) is 11.3 Å². The summed E-state index contributed by atoms with van der Waals surface area (Å²) < 4.78 is 0. The molecule has 2 nitrogen and oxygen atoms in total. The van der Waals surface area contributed by atoms with Crippen LogP contribution in [-0.4, -0.2) is 19.1 Å². The lowest BCUT2D eigenvalue weighted by atomic mass is 10.4. The first-order valence-electron chi connectivity index (χ1n) is 3.15. The van der Waals surface area contributed by atoms with E-state index in [1.807, 2.05) is 24.4 Å².